The molecule has 0 aliphatic carbocycles. The molecule has 1 amide bonds. The van der Waals surface area contributed by atoms with Gasteiger partial charge in [0.25, 0.3) is 5.91 Å². The Bertz CT molecular complexity index is 1210. The maximum Gasteiger partial charge on any atom is 0.252 e. The van der Waals surface area contributed by atoms with Crippen molar-refractivity contribution in [3.63, 3.8) is 0 Å². The van der Waals surface area contributed by atoms with E-state index >= 15 is 0 Å². The van der Waals surface area contributed by atoms with Crippen LogP contribution in [-0.2, 0) is 0 Å². The molecule has 3 aromatic carbocycles. The third-order valence-electron chi connectivity index (χ3n) is 4.83. The van der Waals surface area contributed by atoms with Crippen LogP contribution in [-0.4, -0.2) is 30.3 Å². The smallest absolute Gasteiger partial charge is 0.252 e. The number of ether oxygens (including phenoxy) is 2. The van der Waals surface area contributed by atoms with Gasteiger partial charge in [-0.25, -0.2) is 4.39 Å². The molecule has 0 bridgehead atoms. The molecule has 1 atom stereocenters. The fourth-order valence-electron chi connectivity index (χ4n) is 3.18. The van der Waals surface area contributed by atoms with E-state index in [-0.39, 0.29) is 5.89 Å². The minimum absolute atomic E-state index is 0.171. The Morgan fingerprint density at radius 3 is 2.34 bits per heavy atom. The van der Waals surface area contributed by atoms with E-state index in [1.165, 1.54) is 26.4 Å². The zero-order valence-corrected chi connectivity index (χ0v) is 17.4. The zero-order chi connectivity index (χ0) is 22.5. The van der Waals surface area contributed by atoms with Crippen LogP contribution in [0.2, 0.25) is 0 Å². The van der Waals surface area contributed by atoms with Gasteiger partial charge in [-0.3, -0.25) is 4.79 Å². The molecule has 8 heteroatoms. The van der Waals surface area contributed by atoms with Gasteiger partial charge in [-0.2, -0.15) is 0 Å². The Morgan fingerprint density at radius 1 is 0.938 bits per heavy atom. The van der Waals surface area contributed by atoms with Crippen molar-refractivity contribution in [3.05, 3.63) is 95.6 Å². The highest BCUT2D eigenvalue weighted by atomic mass is 19.1. The summed E-state index contributed by atoms with van der Waals surface area (Å²) in [6.45, 7) is 0. The highest BCUT2D eigenvalue weighted by Gasteiger charge is 2.24. The SMILES string of the molecule is COc1ccc(C(=O)NC(c2ccc(F)cc2)c2nnc(-c3ccccc3)o2)cc1OC. The summed E-state index contributed by atoms with van der Waals surface area (Å²) in [7, 11) is 3.01. The number of methoxy groups -OCH3 is 2. The van der Waals surface area contributed by atoms with Gasteiger partial charge in [0.1, 0.15) is 11.9 Å². The molecule has 0 radical (unpaired) electrons. The first-order chi connectivity index (χ1) is 15.6. The van der Waals surface area contributed by atoms with Crippen LogP contribution in [0.4, 0.5) is 4.39 Å². The molecule has 0 aliphatic rings. The number of nitrogens with zero attached hydrogens (tertiary/aromatic N) is 2. The number of carbonyl (C=O) groups is 1. The van der Waals surface area contributed by atoms with Crippen LogP contribution < -0.4 is 14.8 Å². The molecule has 0 spiro atoms. The van der Waals surface area contributed by atoms with Crippen molar-refractivity contribution in [2.24, 2.45) is 0 Å². The second kappa shape index (κ2) is 9.30. The lowest BCUT2D eigenvalue weighted by atomic mass is 10.1. The molecule has 0 aliphatic heterocycles. The monoisotopic (exact) mass is 433 g/mol. The Morgan fingerprint density at radius 2 is 1.66 bits per heavy atom. The van der Waals surface area contributed by atoms with Gasteiger partial charge in [0.15, 0.2) is 11.5 Å². The summed E-state index contributed by atoms with van der Waals surface area (Å²) in [6, 6.07) is 19.0. The third kappa shape index (κ3) is 4.44. The molecule has 0 fully saturated rings. The molecule has 0 saturated heterocycles. The minimum Gasteiger partial charge on any atom is -0.493 e. The van der Waals surface area contributed by atoms with E-state index < -0.39 is 17.8 Å². The number of halogens is 1. The molecule has 0 saturated carbocycles. The Kier molecular flexibility index (Phi) is 6.12. The molecule has 1 heterocycles. The van der Waals surface area contributed by atoms with Gasteiger partial charge in [-0.05, 0) is 48.0 Å². The lowest BCUT2D eigenvalue weighted by molar-refractivity contribution is 0.0937. The molecule has 4 rings (SSSR count). The van der Waals surface area contributed by atoms with E-state index in [9.17, 15) is 9.18 Å². The van der Waals surface area contributed by atoms with Crippen molar-refractivity contribution in [2.45, 2.75) is 6.04 Å². The van der Waals surface area contributed by atoms with Crippen molar-refractivity contribution in [1.82, 2.24) is 15.5 Å². The molecule has 32 heavy (non-hydrogen) atoms. The highest BCUT2D eigenvalue weighted by molar-refractivity contribution is 5.95. The van der Waals surface area contributed by atoms with Crippen LogP contribution in [0.15, 0.2) is 77.2 Å². The summed E-state index contributed by atoms with van der Waals surface area (Å²) in [5, 5.41) is 11.1. The van der Waals surface area contributed by atoms with Crippen molar-refractivity contribution in [1.29, 1.82) is 0 Å². The van der Waals surface area contributed by atoms with E-state index in [1.54, 1.807) is 30.3 Å². The van der Waals surface area contributed by atoms with Crippen LogP contribution in [0.25, 0.3) is 11.5 Å². The van der Waals surface area contributed by atoms with Gasteiger partial charge in [0, 0.05) is 11.1 Å². The molecule has 162 valence electrons. The summed E-state index contributed by atoms with van der Waals surface area (Å²) in [6.07, 6.45) is 0. The number of hydrogen-bond donors (Lipinski definition) is 1. The second-order valence-electron chi connectivity index (χ2n) is 6.84. The summed E-state index contributed by atoms with van der Waals surface area (Å²) in [5.74, 6) is 0.609. The quantitative estimate of drug-likeness (QED) is 0.465. The topological polar surface area (TPSA) is 86.5 Å². The van der Waals surface area contributed by atoms with E-state index in [4.69, 9.17) is 13.9 Å². The fourth-order valence-corrected chi connectivity index (χ4v) is 3.18. The zero-order valence-electron chi connectivity index (χ0n) is 17.4. The predicted octanol–water partition coefficient (Wildman–Crippen LogP) is 4.41. The van der Waals surface area contributed by atoms with Gasteiger partial charge in [-0.1, -0.05) is 30.3 Å². The third-order valence-corrected chi connectivity index (χ3v) is 4.83. The standard InChI is InChI=1S/C24H20FN3O4/c1-30-19-13-10-17(14-20(19)31-2)22(29)26-21(15-8-11-18(25)12-9-15)24-28-27-23(32-24)16-6-4-3-5-7-16/h3-14,21H,1-2H3,(H,26,29). The van der Waals surface area contributed by atoms with Crippen LogP contribution in [0.3, 0.4) is 0 Å². The van der Waals surface area contributed by atoms with Gasteiger partial charge >= 0.3 is 0 Å². The fraction of sp³-hybridized carbons (Fsp3) is 0.125. The average molecular weight is 433 g/mol. The molecular formula is C24H20FN3O4. The molecule has 1 aromatic heterocycles. The van der Waals surface area contributed by atoms with Gasteiger partial charge in [0.05, 0.1) is 14.2 Å². The molecular weight excluding hydrogens is 413 g/mol. The Balaban J connectivity index is 1.67. The van der Waals surface area contributed by atoms with Crippen molar-refractivity contribution in [3.8, 4) is 23.0 Å². The van der Waals surface area contributed by atoms with Crippen LogP contribution >= 0.6 is 0 Å². The van der Waals surface area contributed by atoms with Crippen molar-refractivity contribution < 1.29 is 23.1 Å². The predicted molar refractivity (Wildman–Crippen MR) is 115 cm³/mol. The first kappa shape index (κ1) is 21.0. The first-order valence-electron chi connectivity index (χ1n) is 9.76. The maximum absolute atomic E-state index is 13.5. The number of hydrogen-bond acceptors (Lipinski definition) is 6. The van der Waals surface area contributed by atoms with Gasteiger partial charge in [-0.15, -0.1) is 10.2 Å². The molecule has 1 N–H and O–H groups in total. The number of benzene rings is 3. The van der Waals surface area contributed by atoms with Gasteiger partial charge < -0.3 is 19.2 Å². The van der Waals surface area contributed by atoms with E-state index in [1.807, 2.05) is 30.3 Å². The molecule has 1 unspecified atom stereocenters. The van der Waals surface area contributed by atoms with Crippen LogP contribution in [0.5, 0.6) is 11.5 Å². The maximum atomic E-state index is 13.5. The van der Waals surface area contributed by atoms with Crippen molar-refractivity contribution >= 4 is 5.91 Å². The molecule has 4 aromatic rings. The van der Waals surface area contributed by atoms with Crippen LogP contribution in [0, 0.1) is 5.82 Å². The van der Waals surface area contributed by atoms with Crippen molar-refractivity contribution in [2.75, 3.05) is 14.2 Å². The van der Waals surface area contributed by atoms with E-state index in [0.717, 1.165) is 5.56 Å². The lowest BCUT2D eigenvalue weighted by Crippen LogP contribution is -2.29. The summed E-state index contributed by atoms with van der Waals surface area (Å²) >= 11 is 0. The van der Waals surface area contributed by atoms with E-state index in [0.29, 0.717) is 28.5 Å². The van der Waals surface area contributed by atoms with Crippen LogP contribution in [0.1, 0.15) is 27.9 Å². The highest BCUT2D eigenvalue weighted by Crippen LogP contribution is 2.29. The normalized spacial score (nSPS) is 11.6. The number of carbonyl (C=O) groups excluding carboxylic acids is 1. The Hall–Kier alpha value is -4.20. The first-order valence-corrected chi connectivity index (χ1v) is 9.76. The number of nitrogens with one attached hydrogen (secondary N) is 1. The van der Waals surface area contributed by atoms with Gasteiger partial charge in [0.2, 0.25) is 11.8 Å². The molecule has 7 nitrogen and oxygen atoms in total. The number of aromatic nitrogens is 2. The summed E-state index contributed by atoms with van der Waals surface area (Å²) in [5.41, 5.74) is 1.68. The Labute approximate surface area is 183 Å². The summed E-state index contributed by atoms with van der Waals surface area (Å²) < 4.78 is 29.9. The second-order valence-corrected chi connectivity index (χ2v) is 6.84. The minimum atomic E-state index is -0.791. The number of rotatable bonds is 7. The summed E-state index contributed by atoms with van der Waals surface area (Å²) in [4.78, 5) is 13.0. The number of amides is 1. The largest absolute Gasteiger partial charge is 0.493 e. The van der Waals surface area contributed by atoms with E-state index in [2.05, 4.69) is 15.5 Å². The average Bonchev–Trinajstić information content (AvgIpc) is 3.33. The lowest BCUT2D eigenvalue weighted by Gasteiger charge is -2.16.